The van der Waals surface area contributed by atoms with Crippen LogP contribution in [-0.4, -0.2) is 36.1 Å². The standard InChI is InChI=1S/C7H10N4O3/c1-3-11(4-8)7(13)5(6(9)12)10-14-2/h3H2,1-2H3,(H2,9,12). The molecule has 0 aromatic heterocycles. The van der Waals surface area contributed by atoms with Gasteiger partial charge >= 0.3 is 0 Å². The highest BCUT2D eigenvalue weighted by molar-refractivity contribution is 6.64. The van der Waals surface area contributed by atoms with Gasteiger partial charge in [0, 0.05) is 6.54 Å². The molecule has 7 nitrogen and oxygen atoms in total. The van der Waals surface area contributed by atoms with E-state index in [1.54, 1.807) is 13.1 Å². The van der Waals surface area contributed by atoms with Crippen LogP contribution in [0.2, 0.25) is 0 Å². The van der Waals surface area contributed by atoms with Gasteiger partial charge in [-0.2, -0.15) is 5.26 Å². The lowest BCUT2D eigenvalue weighted by Crippen LogP contribution is -2.40. The number of carbonyl (C=O) groups excluding carboxylic acids is 2. The Morgan fingerprint density at radius 1 is 1.64 bits per heavy atom. The van der Waals surface area contributed by atoms with Gasteiger partial charge < -0.3 is 10.6 Å². The highest BCUT2D eigenvalue weighted by Gasteiger charge is 2.23. The first kappa shape index (κ1) is 11.9. The maximum Gasteiger partial charge on any atom is 0.294 e. The zero-order chi connectivity index (χ0) is 11.1. The number of hydrogen-bond donors (Lipinski definition) is 1. The number of oxime groups is 1. The quantitative estimate of drug-likeness (QED) is 0.201. The molecule has 0 saturated heterocycles. The number of amides is 2. The number of primary amides is 1. The summed E-state index contributed by atoms with van der Waals surface area (Å²) in [4.78, 5) is 27.0. The van der Waals surface area contributed by atoms with E-state index in [1.165, 1.54) is 7.11 Å². The van der Waals surface area contributed by atoms with Gasteiger partial charge in [-0.3, -0.25) is 9.59 Å². The summed E-state index contributed by atoms with van der Waals surface area (Å²) in [5.41, 5.74) is 4.26. The Bertz CT molecular complexity index is 305. The van der Waals surface area contributed by atoms with Gasteiger partial charge in [0.1, 0.15) is 7.11 Å². The molecule has 0 fully saturated rings. The van der Waals surface area contributed by atoms with Crippen LogP contribution in [0.3, 0.4) is 0 Å². The van der Waals surface area contributed by atoms with E-state index in [1.807, 2.05) is 0 Å². The molecule has 0 unspecified atom stereocenters. The summed E-state index contributed by atoms with van der Waals surface area (Å²) in [6, 6.07) is 0. The largest absolute Gasteiger partial charge is 0.398 e. The van der Waals surface area contributed by atoms with Crippen LogP contribution in [0.15, 0.2) is 5.16 Å². The maximum absolute atomic E-state index is 11.3. The van der Waals surface area contributed by atoms with Gasteiger partial charge in [-0.05, 0) is 6.92 Å². The van der Waals surface area contributed by atoms with Crippen molar-refractivity contribution in [3.8, 4) is 6.19 Å². The molecule has 0 aliphatic carbocycles. The van der Waals surface area contributed by atoms with E-state index in [2.05, 4.69) is 9.99 Å². The second kappa shape index (κ2) is 5.53. The van der Waals surface area contributed by atoms with Crippen LogP contribution in [0.1, 0.15) is 6.92 Å². The minimum Gasteiger partial charge on any atom is -0.398 e. The summed E-state index contributed by atoms with van der Waals surface area (Å²) in [5, 5.41) is 11.6. The van der Waals surface area contributed by atoms with Crippen LogP contribution in [0.4, 0.5) is 0 Å². The van der Waals surface area contributed by atoms with Crippen LogP contribution in [0.5, 0.6) is 0 Å². The monoisotopic (exact) mass is 198 g/mol. The Labute approximate surface area is 80.7 Å². The van der Waals surface area contributed by atoms with Crippen molar-refractivity contribution in [2.24, 2.45) is 10.9 Å². The summed E-state index contributed by atoms with van der Waals surface area (Å²) >= 11 is 0. The van der Waals surface area contributed by atoms with Crippen molar-refractivity contribution in [1.82, 2.24) is 4.90 Å². The normalized spacial score (nSPS) is 10.2. The topological polar surface area (TPSA) is 109 Å². The molecule has 14 heavy (non-hydrogen) atoms. The van der Waals surface area contributed by atoms with Gasteiger partial charge in [0.2, 0.25) is 5.71 Å². The van der Waals surface area contributed by atoms with Crippen LogP contribution >= 0.6 is 0 Å². The predicted octanol–water partition coefficient (Wildman–Crippen LogP) is -1.20. The van der Waals surface area contributed by atoms with Gasteiger partial charge in [0.25, 0.3) is 11.8 Å². The zero-order valence-electron chi connectivity index (χ0n) is 7.85. The lowest BCUT2D eigenvalue weighted by Gasteiger charge is -2.09. The Balaban J connectivity index is 4.88. The molecule has 0 spiro atoms. The van der Waals surface area contributed by atoms with Crippen LogP contribution in [0, 0.1) is 11.5 Å². The molecule has 0 radical (unpaired) electrons. The highest BCUT2D eigenvalue weighted by atomic mass is 16.6. The SMILES string of the molecule is CCN(C#N)C(=O)C(=NOC)C(N)=O. The van der Waals surface area contributed by atoms with Crippen LogP contribution in [-0.2, 0) is 14.4 Å². The minimum absolute atomic E-state index is 0.130. The van der Waals surface area contributed by atoms with Crippen molar-refractivity contribution in [2.75, 3.05) is 13.7 Å². The first-order valence-corrected chi connectivity index (χ1v) is 3.71. The average Bonchev–Trinajstić information content (AvgIpc) is 2.15. The fourth-order valence-electron chi connectivity index (χ4n) is 0.668. The summed E-state index contributed by atoms with van der Waals surface area (Å²) in [6.07, 6.45) is 1.58. The molecule has 76 valence electrons. The molecular weight excluding hydrogens is 188 g/mol. The Morgan fingerprint density at radius 2 is 2.21 bits per heavy atom. The van der Waals surface area contributed by atoms with Crippen LogP contribution < -0.4 is 5.73 Å². The lowest BCUT2D eigenvalue weighted by molar-refractivity contribution is -0.122. The molecule has 0 aliphatic rings. The first-order valence-electron chi connectivity index (χ1n) is 3.71. The molecular formula is C7H10N4O3. The van der Waals surface area contributed by atoms with Gasteiger partial charge in [0.15, 0.2) is 6.19 Å². The molecule has 7 heteroatoms. The van der Waals surface area contributed by atoms with E-state index in [0.29, 0.717) is 0 Å². The number of hydrogen-bond acceptors (Lipinski definition) is 5. The fraction of sp³-hybridized carbons (Fsp3) is 0.429. The van der Waals surface area contributed by atoms with Crippen molar-refractivity contribution >= 4 is 17.5 Å². The third kappa shape index (κ3) is 2.75. The van der Waals surface area contributed by atoms with E-state index in [9.17, 15) is 9.59 Å². The summed E-state index contributed by atoms with van der Waals surface area (Å²) in [5.74, 6) is -1.91. The predicted molar refractivity (Wildman–Crippen MR) is 46.6 cm³/mol. The highest BCUT2D eigenvalue weighted by Crippen LogP contribution is 1.91. The molecule has 2 N–H and O–H groups in total. The summed E-state index contributed by atoms with van der Waals surface area (Å²) in [7, 11) is 1.17. The third-order valence-electron chi connectivity index (χ3n) is 1.30. The molecule has 0 saturated carbocycles. The Morgan fingerprint density at radius 3 is 2.50 bits per heavy atom. The molecule has 0 heterocycles. The smallest absolute Gasteiger partial charge is 0.294 e. The molecule has 0 rings (SSSR count). The van der Waals surface area contributed by atoms with E-state index >= 15 is 0 Å². The number of carbonyl (C=O) groups is 2. The number of rotatable bonds is 4. The summed E-state index contributed by atoms with van der Waals surface area (Å²) in [6.45, 7) is 1.71. The number of nitrogens with zero attached hydrogens (tertiary/aromatic N) is 3. The van der Waals surface area contributed by atoms with E-state index in [-0.39, 0.29) is 6.54 Å². The van der Waals surface area contributed by atoms with E-state index in [4.69, 9.17) is 11.0 Å². The zero-order valence-corrected chi connectivity index (χ0v) is 7.85. The van der Waals surface area contributed by atoms with Gasteiger partial charge in [0.05, 0.1) is 0 Å². The average molecular weight is 198 g/mol. The Kier molecular flexibility index (Phi) is 4.70. The third-order valence-corrected chi connectivity index (χ3v) is 1.30. The summed E-state index contributed by atoms with van der Waals surface area (Å²) < 4.78 is 0. The Hall–Kier alpha value is -2.10. The van der Waals surface area contributed by atoms with Crippen molar-refractivity contribution in [3.63, 3.8) is 0 Å². The molecule has 2 amide bonds. The maximum atomic E-state index is 11.3. The second-order valence-electron chi connectivity index (χ2n) is 2.14. The van der Waals surface area contributed by atoms with E-state index in [0.717, 1.165) is 4.90 Å². The molecule has 0 aromatic rings. The van der Waals surface area contributed by atoms with E-state index < -0.39 is 17.5 Å². The van der Waals surface area contributed by atoms with Gasteiger partial charge in [-0.15, -0.1) is 0 Å². The van der Waals surface area contributed by atoms with Crippen molar-refractivity contribution in [3.05, 3.63) is 0 Å². The number of nitrogens with two attached hydrogens (primary N) is 1. The molecule has 0 aromatic carbocycles. The van der Waals surface area contributed by atoms with Crippen molar-refractivity contribution < 1.29 is 14.4 Å². The van der Waals surface area contributed by atoms with Gasteiger partial charge in [-0.1, -0.05) is 5.16 Å². The second-order valence-corrected chi connectivity index (χ2v) is 2.14. The fourth-order valence-corrected chi connectivity index (χ4v) is 0.668. The molecule has 0 aliphatic heterocycles. The number of nitriles is 1. The lowest BCUT2D eigenvalue weighted by atomic mass is 10.3. The minimum atomic E-state index is -1.04. The first-order chi connectivity index (χ1) is 6.58. The van der Waals surface area contributed by atoms with Crippen molar-refractivity contribution in [2.45, 2.75) is 6.92 Å². The van der Waals surface area contributed by atoms with Crippen LogP contribution in [0.25, 0.3) is 0 Å². The molecule has 0 atom stereocenters. The van der Waals surface area contributed by atoms with Gasteiger partial charge in [-0.25, -0.2) is 4.90 Å². The van der Waals surface area contributed by atoms with Crippen molar-refractivity contribution in [1.29, 1.82) is 5.26 Å². The molecule has 0 bridgehead atoms.